The van der Waals surface area contributed by atoms with Crippen molar-refractivity contribution in [3.8, 4) is 0 Å². The highest BCUT2D eigenvalue weighted by Crippen LogP contribution is 2.42. The van der Waals surface area contributed by atoms with Crippen molar-refractivity contribution >= 4 is 46.6 Å². The highest BCUT2D eigenvalue weighted by molar-refractivity contribution is 7.12. The molecule has 5 N–H and O–H groups in total. The molecule has 0 bridgehead atoms. The van der Waals surface area contributed by atoms with Crippen molar-refractivity contribution in [1.82, 2.24) is 15.3 Å². The molecule has 3 aromatic rings. The molecule has 1 aliphatic carbocycles. The number of carbonyl (C=O) groups excluding carboxylic acids is 1. The molecule has 202 valence electrons. The van der Waals surface area contributed by atoms with Crippen LogP contribution in [0.15, 0.2) is 48.0 Å². The van der Waals surface area contributed by atoms with E-state index in [1.165, 1.54) is 17.4 Å². The van der Waals surface area contributed by atoms with Crippen LogP contribution in [0, 0.1) is 0 Å². The van der Waals surface area contributed by atoms with Crippen LogP contribution in [0.4, 0.5) is 30.6 Å². The van der Waals surface area contributed by atoms with E-state index in [0.29, 0.717) is 35.5 Å². The monoisotopic (exact) mass is 551 g/mol. The molecule has 14 heteroatoms. The van der Waals surface area contributed by atoms with E-state index in [1.54, 1.807) is 18.2 Å². The van der Waals surface area contributed by atoms with Gasteiger partial charge in [-0.2, -0.15) is 18.2 Å². The van der Waals surface area contributed by atoms with E-state index in [0.717, 1.165) is 30.6 Å². The van der Waals surface area contributed by atoms with E-state index in [4.69, 9.17) is 15.0 Å². The lowest BCUT2D eigenvalue weighted by Crippen LogP contribution is -2.25. The van der Waals surface area contributed by atoms with E-state index in [1.807, 2.05) is 23.7 Å². The molecule has 0 spiro atoms. The summed E-state index contributed by atoms with van der Waals surface area (Å²) in [5, 5.41) is 27.5. The van der Waals surface area contributed by atoms with Crippen molar-refractivity contribution in [3.05, 3.63) is 64.0 Å². The number of carboxylic acid groups (broad SMARTS) is 2. The van der Waals surface area contributed by atoms with Crippen LogP contribution < -0.4 is 16.0 Å². The zero-order valence-electron chi connectivity index (χ0n) is 19.8. The number of aromatic carboxylic acids is 1. The molecule has 4 rings (SSSR count). The molecule has 10 nitrogen and oxygen atoms in total. The fourth-order valence-electron chi connectivity index (χ4n) is 3.14. The molecular weight excluding hydrogens is 527 g/mol. The number of aromatic nitrogens is 2. The molecule has 0 aliphatic heterocycles. The number of aliphatic carboxylic acids is 1. The van der Waals surface area contributed by atoms with Gasteiger partial charge in [-0.05, 0) is 54.8 Å². The summed E-state index contributed by atoms with van der Waals surface area (Å²) in [5.74, 6) is -2.13. The summed E-state index contributed by atoms with van der Waals surface area (Å²) in [6.45, 7) is 1.23. The Kier molecular flexibility index (Phi) is 9.60. The maximum atomic E-state index is 12.0. The zero-order chi connectivity index (χ0) is 27.7. The normalized spacial score (nSPS) is 12.6. The summed E-state index contributed by atoms with van der Waals surface area (Å²) < 4.78 is 31.7. The predicted molar refractivity (Wildman–Crippen MR) is 134 cm³/mol. The van der Waals surface area contributed by atoms with E-state index in [9.17, 15) is 22.8 Å². The Morgan fingerprint density at radius 3 is 2.42 bits per heavy atom. The standard InChI is InChI=1S/C22H23N5O3S.C2HF3O2/c28-20(18-6-2-11-31-18)24-10-3-9-23-19-17(14-7-8-14)13-25-22(27-19)26-16-5-1-4-15(12-16)21(29)30;3-2(4,5)1(6)7/h1-2,4-6,11-14H,3,7-10H2,(H,24,28)(H,29,30)(H2,23,25,26,27);(H,6,7). The molecule has 0 radical (unpaired) electrons. The number of thiophene rings is 1. The molecule has 0 atom stereocenters. The predicted octanol–water partition coefficient (Wildman–Crippen LogP) is 4.72. The number of halogens is 3. The lowest BCUT2D eigenvalue weighted by molar-refractivity contribution is -0.192. The van der Waals surface area contributed by atoms with Crippen molar-refractivity contribution in [2.75, 3.05) is 23.7 Å². The number of nitrogens with zero attached hydrogens (tertiary/aromatic N) is 2. The van der Waals surface area contributed by atoms with Crippen LogP contribution in [0.5, 0.6) is 0 Å². The summed E-state index contributed by atoms with van der Waals surface area (Å²) in [6.07, 6.45) is -0.242. The third-order valence-corrected chi connectivity index (χ3v) is 5.99. The minimum Gasteiger partial charge on any atom is -0.478 e. The first-order valence-corrected chi connectivity index (χ1v) is 12.3. The maximum absolute atomic E-state index is 12.0. The second kappa shape index (κ2) is 12.9. The van der Waals surface area contributed by atoms with Gasteiger partial charge in [0.15, 0.2) is 0 Å². The lowest BCUT2D eigenvalue weighted by atomic mass is 10.2. The second-order valence-corrected chi connectivity index (χ2v) is 9.05. The number of carboxylic acids is 2. The van der Waals surface area contributed by atoms with Gasteiger partial charge in [-0.15, -0.1) is 11.3 Å². The quantitative estimate of drug-likeness (QED) is 0.225. The molecule has 1 aliphatic rings. The van der Waals surface area contributed by atoms with Gasteiger partial charge in [0.25, 0.3) is 5.91 Å². The lowest BCUT2D eigenvalue weighted by Gasteiger charge is -2.13. The average Bonchev–Trinajstić information content (AvgIpc) is 3.56. The summed E-state index contributed by atoms with van der Waals surface area (Å²) in [4.78, 5) is 41.8. The number of hydrogen-bond acceptors (Lipinski definition) is 8. The van der Waals surface area contributed by atoms with Crippen molar-refractivity contribution < 1.29 is 37.8 Å². The topological polar surface area (TPSA) is 154 Å². The number of nitrogens with one attached hydrogen (secondary N) is 3. The Hall–Kier alpha value is -4.20. The number of amides is 1. The van der Waals surface area contributed by atoms with Crippen LogP contribution in [0.1, 0.15) is 50.8 Å². The molecule has 0 unspecified atom stereocenters. The maximum Gasteiger partial charge on any atom is 0.490 e. The zero-order valence-corrected chi connectivity index (χ0v) is 20.6. The SMILES string of the molecule is O=C(O)C(F)(F)F.O=C(O)c1cccc(Nc2ncc(C3CC3)c(NCCCNC(=O)c3cccs3)n2)c1. The molecule has 1 aromatic carbocycles. The van der Waals surface area contributed by atoms with Gasteiger partial charge < -0.3 is 26.2 Å². The van der Waals surface area contributed by atoms with Crippen molar-refractivity contribution in [2.24, 2.45) is 0 Å². The Morgan fingerprint density at radius 1 is 1.08 bits per heavy atom. The summed E-state index contributed by atoms with van der Waals surface area (Å²) >= 11 is 1.42. The number of alkyl halides is 3. The van der Waals surface area contributed by atoms with Crippen molar-refractivity contribution in [2.45, 2.75) is 31.4 Å². The number of carbonyl (C=O) groups is 3. The highest BCUT2D eigenvalue weighted by Gasteiger charge is 2.38. The molecule has 1 amide bonds. The molecule has 2 aromatic heterocycles. The average molecular weight is 552 g/mol. The van der Waals surface area contributed by atoms with Crippen LogP contribution in [0.3, 0.4) is 0 Å². The number of hydrogen-bond donors (Lipinski definition) is 5. The highest BCUT2D eigenvalue weighted by atomic mass is 32.1. The summed E-state index contributed by atoms with van der Waals surface area (Å²) in [5.41, 5.74) is 1.90. The number of anilines is 3. The first-order valence-electron chi connectivity index (χ1n) is 11.4. The molecule has 2 heterocycles. The number of benzene rings is 1. The second-order valence-electron chi connectivity index (χ2n) is 8.10. The van der Waals surface area contributed by atoms with Crippen LogP contribution in [-0.4, -0.2) is 57.3 Å². The van der Waals surface area contributed by atoms with Crippen LogP contribution in [0.2, 0.25) is 0 Å². The van der Waals surface area contributed by atoms with E-state index >= 15 is 0 Å². The van der Waals surface area contributed by atoms with Gasteiger partial charge in [0.1, 0.15) is 5.82 Å². The van der Waals surface area contributed by atoms with Crippen LogP contribution in [-0.2, 0) is 4.79 Å². The van der Waals surface area contributed by atoms with Gasteiger partial charge in [0.2, 0.25) is 5.95 Å². The van der Waals surface area contributed by atoms with Gasteiger partial charge in [-0.3, -0.25) is 4.79 Å². The fourth-order valence-corrected chi connectivity index (χ4v) is 3.78. The van der Waals surface area contributed by atoms with Crippen LogP contribution in [0.25, 0.3) is 0 Å². The number of rotatable bonds is 10. The Bertz CT molecular complexity index is 1270. The largest absolute Gasteiger partial charge is 0.490 e. The fraction of sp³-hybridized carbons (Fsp3) is 0.292. The minimum atomic E-state index is -5.08. The van der Waals surface area contributed by atoms with Gasteiger partial charge in [-0.25, -0.2) is 14.6 Å². The smallest absolute Gasteiger partial charge is 0.478 e. The Morgan fingerprint density at radius 2 is 1.82 bits per heavy atom. The third kappa shape index (κ3) is 8.73. The first kappa shape index (κ1) is 28.4. The molecule has 0 saturated heterocycles. The Balaban J connectivity index is 0.000000505. The van der Waals surface area contributed by atoms with E-state index < -0.39 is 18.1 Å². The van der Waals surface area contributed by atoms with E-state index in [-0.39, 0.29) is 11.5 Å². The van der Waals surface area contributed by atoms with E-state index in [2.05, 4.69) is 25.9 Å². The molecular formula is C24H24F3N5O5S. The van der Waals surface area contributed by atoms with Crippen molar-refractivity contribution in [1.29, 1.82) is 0 Å². The van der Waals surface area contributed by atoms with Gasteiger partial charge in [0, 0.05) is 30.5 Å². The molecule has 38 heavy (non-hydrogen) atoms. The Labute approximate surface area is 218 Å². The van der Waals surface area contributed by atoms with Gasteiger partial charge in [-0.1, -0.05) is 12.1 Å². The van der Waals surface area contributed by atoms with Gasteiger partial charge in [0.05, 0.1) is 10.4 Å². The summed E-state index contributed by atoms with van der Waals surface area (Å²) in [6, 6.07) is 10.2. The molecule has 1 fully saturated rings. The summed E-state index contributed by atoms with van der Waals surface area (Å²) in [7, 11) is 0. The molecule has 1 saturated carbocycles. The van der Waals surface area contributed by atoms with Crippen LogP contribution >= 0.6 is 11.3 Å². The minimum absolute atomic E-state index is 0.0502. The van der Waals surface area contributed by atoms with Crippen molar-refractivity contribution in [3.63, 3.8) is 0 Å². The third-order valence-electron chi connectivity index (χ3n) is 5.12. The van der Waals surface area contributed by atoms with Gasteiger partial charge >= 0.3 is 18.1 Å². The first-order chi connectivity index (χ1) is 18.0.